The Kier molecular flexibility index (Phi) is 4.98. The number of aliphatic imine (C=N–C) groups is 1. The highest BCUT2D eigenvalue weighted by molar-refractivity contribution is 9.10. The van der Waals surface area contributed by atoms with Crippen molar-refractivity contribution in [1.29, 1.82) is 0 Å². The largest absolute Gasteiger partial charge is 0.235 e. The number of thioether (sulfide) groups is 1. The number of benzene rings is 1. The molecule has 0 bridgehead atoms. The molecule has 2 rings (SSSR count). The number of hydrogen-bond acceptors (Lipinski definition) is 5. The van der Waals surface area contributed by atoms with Crippen LogP contribution in [0.25, 0.3) is 0 Å². The van der Waals surface area contributed by atoms with Crippen LogP contribution in [0.15, 0.2) is 31.4 Å². The molecule has 1 aliphatic rings. The molecule has 0 heterocycles. The zero-order valence-electron chi connectivity index (χ0n) is 11.8. The van der Waals surface area contributed by atoms with E-state index in [0.29, 0.717) is 4.90 Å². The summed E-state index contributed by atoms with van der Waals surface area (Å²) in [7, 11) is -3.35. The minimum Gasteiger partial charge on any atom is -0.224 e. The summed E-state index contributed by atoms with van der Waals surface area (Å²) in [5.41, 5.74) is 0.147. The van der Waals surface area contributed by atoms with E-state index in [2.05, 4.69) is 20.9 Å². The first kappa shape index (κ1) is 16.7. The highest BCUT2D eigenvalue weighted by atomic mass is 79.9. The summed E-state index contributed by atoms with van der Waals surface area (Å²) < 4.78 is 24.8. The Bertz CT molecular complexity index is 703. The number of rotatable bonds is 4. The molecule has 1 aromatic rings. The maximum atomic E-state index is 12.1. The third kappa shape index (κ3) is 3.26. The summed E-state index contributed by atoms with van der Waals surface area (Å²) in [6.07, 6.45) is 8.13. The van der Waals surface area contributed by atoms with Crippen LogP contribution in [0.3, 0.4) is 0 Å². The molecule has 0 N–H and O–H groups in total. The number of sulfone groups is 1. The van der Waals surface area contributed by atoms with Crippen LogP contribution >= 0.6 is 27.7 Å². The molecule has 1 fully saturated rings. The van der Waals surface area contributed by atoms with E-state index < -0.39 is 15.4 Å². The lowest BCUT2D eigenvalue weighted by Crippen LogP contribution is -2.20. The Balaban J connectivity index is 2.71. The smallest absolute Gasteiger partial charge is 0.224 e. The minimum atomic E-state index is -3.35. The van der Waals surface area contributed by atoms with Crippen molar-refractivity contribution in [3.05, 3.63) is 22.2 Å². The summed E-state index contributed by atoms with van der Waals surface area (Å²) in [6.45, 7) is 0. The minimum absolute atomic E-state index is 0.284. The van der Waals surface area contributed by atoms with Crippen molar-refractivity contribution in [3.8, 4) is 0 Å². The Hall–Kier alpha value is -0.620. The van der Waals surface area contributed by atoms with Crippen LogP contribution in [0.1, 0.15) is 31.2 Å². The molecule has 21 heavy (non-hydrogen) atoms. The number of halogens is 1. The number of carbonyl (C=O) groups excluding carboxylic acids is 1. The molecule has 0 saturated heterocycles. The SMILES string of the molecule is CSc1c(Br)cc(C2(N=C=O)CCCC2)cc1S(C)(=O)=O. The third-order valence-electron chi connectivity index (χ3n) is 3.84. The number of isocyanates is 1. The number of hydrogen-bond donors (Lipinski definition) is 0. The van der Waals surface area contributed by atoms with Gasteiger partial charge in [0.15, 0.2) is 9.84 Å². The molecule has 114 valence electrons. The zero-order chi connectivity index (χ0) is 15.7. The first-order valence-corrected chi connectivity index (χ1v) is 10.4. The van der Waals surface area contributed by atoms with Gasteiger partial charge in [0.2, 0.25) is 6.08 Å². The summed E-state index contributed by atoms with van der Waals surface area (Å²) in [6, 6.07) is 3.55. The molecular formula is C14H16BrNO3S2. The van der Waals surface area contributed by atoms with Gasteiger partial charge in [-0.25, -0.2) is 13.2 Å². The molecule has 0 aromatic heterocycles. The maximum Gasteiger partial charge on any atom is 0.235 e. The molecule has 0 atom stereocenters. The fraction of sp³-hybridized carbons (Fsp3) is 0.500. The molecule has 1 aliphatic carbocycles. The zero-order valence-corrected chi connectivity index (χ0v) is 15.1. The van der Waals surface area contributed by atoms with E-state index in [4.69, 9.17) is 0 Å². The highest BCUT2D eigenvalue weighted by Crippen LogP contribution is 2.45. The van der Waals surface area contributed by atoms with Crippen LogP contribution in [0.2, 0.25) is 0 Å². The van der Waals surface area contributed by atoms with Crippen LogP contribution < -0.4 is 0 Å². The lowest BCUT2D eigenvalue weighted by Gasteiger charge is -2.24. The van der Waals surface area contributed by atoms with Gasteiger partial charge in [0.05, 0.1) is 10.4 Å². The maximum absolute atomic E-state index is 12.1. The second-order valence-corrected chi connectivity index (χ2v) is 8.86. The first-order valence-electron chi connectivity index (χ1n) is 6.51. The fourth-order valence-corrected chi connectivity index (χ4v) is 5.91. The monoisotopic (exact) mass is 389 g/mol. The summed E-state index contributed by atoms with van der Waals surface area (Å²) in [5, 5.41) is 0. The van der Waals surface area contributed by atoms with Gasteiger partial charge >= 0.3 is 0 Å². The van der Waals surface area contributed by atoms with E-state index in [-0.39, 0.29) is 4.90 Å². The van der Waals surface area contributed by atoms with Crippen LogP contribution in [0.4, 0.5) is 0 Å². The van der Waals surface area contributed by atoms with Gasteiger partial charge in [0.1, 0.15) is 0 Å². The van der Waals surface area contributed by atoms with E-state index >= 15 is 0 Å². The predicted octanol–water partition coefficient (Wildman–Crippen LogP) is 3.68. The molecule has 0 unspecified atom stereocenters. The van der Waals surface area contributed by atoms with Crippen molar-refractivity contribution in [2.75, 3.05) is 12.5 Å². The number of nitrogens with zero attached hydrogens (tertiary/aromatic N) is 1. The van der Waals surface area contributed by atoms with E-state index in [1.54, 1.807) is 12.1 Å². The van der Waals surface area contributed by atoms with Gasteiger partial charge in [-0.3, -0.25) is 0 Å². The van der Waals surface area contributed by atoms with Gasteiger partial charge in [-0.15, -0.1) is 11.8 Å². The highest BCUT2D eigenvalue weighted by Gasteiger charge is 2.37. The van der Waals surface area contributed by atoms with Crippen molar-refractivity contribution in [2.45, 2.75) is 41.0 Å². The molecule has 0 spiro atoms. The Labute approximate surface area is 137 Å². The lowest BCUT2D eigenvalue weighted by molar-refractivity contribution is 0.454. The van der Waals surface area contributed by atoms with E-state index in [1.807, 2.05) is 12.3 Å². The van der Waals surface area contributed by atoms with Crippen molar-refractivity contribution in [2.24, 2.45) is 4.99 Å². The van der Waals surface area contributed by atoms with Crippen LogP contribution in [0.5, 0.6) is 0 Å². The fourth-order valence-electron chi connectivity index (χ4n) is 2.82. The second-order valence-electron chi connectivity index (χ2n) is 5.20. The van der Waals surface area contributed by atoms with E-state index in [9.17, 15) is 13.2 Å². The second kappa shape index (κ2) is 6.24. The van der Waals surface area contributed by atoms with Crippen molar-refractivity contribution in [3.63, 3.8) is 0 Å². The Morgan fingerprint density at radius 1 is 1.33 bits per heavy atom. The topological polar surface area (TPSA) is 63.6 Å². The normalized spacial score (nSPS) is 17.5. The molecule has 0 radical (unpaired) electrons. The Morgan fingerprint density at radius 2 is 1.95 bits per heavy atom. The van der Waals surface area contributed by atoms with Crippen LogP contribution in [-0.4, -0.2) is 27.0 Å². The van der Waals surface area contributed by atoms with Gasteiger partial charge in [-0.1, -0.05) is 12.8 Å². The summed E-state index contributed by atoms with van der Waals surface area (Å²) >= 11 is 4.83. The van der Waals surface area contributed by atoms with E-state index in [0.717, 1.165) is 35.7 Å². The van der Waals surface area contributed by atoms with Gasteiger partial charge in [-0.2, -0.15) is 4.99 Å². The van der Waals surface area contributed by atoms with Gasteiger partial charge < -0.3 is 0 Å². The van der Waals surface area contributed by atoms with Gasteiger partial charge in [0.25, 0.3) is 0 Å². The summed E-state index contributed by atoms with van der Waals surface area (Å²) in [5.74, 6) is 0. The van der Waals surface area contributed by atoms with Gasteiger partial charge in [0, 0.05) is 15.6 Å². The Morgan fingerprint density at radius 3 is 2.43 bits per heavy atom. The molecule has 4 nitrogen and oxygen atoms in total. The molecule has 0 amide bonds. The van der Waals surface area contributed by atoms with Crippen molar-refractivity contribution in [1.82, 2.24) is 0 Å². The van der Waals surface area contributed by atoms with Crippen LogP contribution in [0, 0.1) is 0 Å². The molecule has 7 heteroatoms. The van der Waals surface area contributed by atoms with Crippen LogP contribution in [-0.2, 0) is 20.2 Å². The first-order chi connectivity index (χ1) is 9.84. The molecular weight excluding hydrogens is 374 g/mol. The molecule has 1 saturated carbocycles. The lowest BCUT2D eigenvalue weighted by atomic mass is 9.89. The van der Waals surface area contributed by atoms with Crippen molar-refractivity contribution >= 4 is 43.6 Å². The average Bonchev–Trinajstić information content (AvgIpc) is 2.87. The summed E-state index contributed by atoms with van der Waals surface area (Å²) in [4.78, 5) is 15.8. The predicted molar refractivity (Wildman–Crippen MR) is 87.3 cm³/mol. The van der Waals surface area contributed by atoms with Crippen molar-refractivity contribution < 1.29 is 13.2 Å². The third-order valence-corrected chi connectivity index (χ3v) is 6.83. The van der Waals surface area contributed by atoms with E-state index in [1.165, 1.54) is 18.0 Å². The van der Waals surface area contributed by atoms with Gasteiger partial charge in [-0.05, 0) is 52.7 Å². The quantitative estimate of drug-likeness (QED) is 0.447. The average molecular weight is 390 g/mol. The molecule has 0 aliphatic heterocycles. The molecule has 1 aromatic carbocycles. The standard InChI is InChI=1S/C14H16BrNO3S2/c1-20-13-11(15)7-10(8-12(13)21(2,18)19)14(16-9-17)5-3-4-6-14/h7-8H,3-6H2,1-2H3.